The third kappa shape index (κ3) is 1.62. The zero-order valence-corrected chi connectivity index (χ0v) is 7.78. The highest BCUT2D eigenvalue weighted by molar-refractivity contribution is 7.16. The standard InChI is InChI=1S/C8H6ClNOS/c1-5(9)8-7(10-2)3-6(4-11)12-8/h3-4H,1-2H2. The van der Waals surface area contributed by atoms with Crippen molar-refractivity contribution in [3.63, 3.8) is 0 Å². The smallest absolute Gasteiger partial charge is 0.160 e. The highest BCUT2D eigenvalue weighted by atomic mass is 35.5. The molecule has 0 aliphatic rings. The average molecular weight is 200 g/mol. The molecule has 62 valence electrons. The van der Waals surface area contributed by atoms with E-state index in [9.17, 15) is 4.79 Å². The maximum Gasteiger partial charge on any atom is 0.160 e. The zero-order valence-electron chi connectivity index (χ0n) is 6.21. The number of aldehydes is 1. The Bertz CT molecular complexity index is 343. The highest BCUT2D eigenvalue weighted by Gasteiger charge is 2.08. The summed E-state index contributed by atoms with van der Waals surface area (Å²) in [5.41, 5.74) is 0.613. The van der Waals surface area contributed by atoms with E-state index in [4.69, 9.17) is 11.6 Å². The van der Waals surface area contributed by atoms with Gasteiger partial charge in [-0.1, -0.05) is 18.2 Å². The fraction of sp³-hybridized carbons (Fsp3) is 0. The van der Waals surface area contributed by atoms with E-state index in [-0.39, 0.29) is 0 Å². The first-order valence-corrected chi connectivity index (χ1v) is 4.29. The number of aliphatic imine (C=N–C) groups is 1. The van der Waals surface area contributed by atoms with Crippen molar-refractivity contribution in [2.45, 2.75) is 0 Å². The minimum atomic E-state index is 0.385. The summed E-state index contributed by atoms with van der Waals surface area (Å²) in [5.74, 6) is 0. The molecule has 0 fully saturated rings. The number of thiophene rings is 1. The molecule has 0 aliphatic carbocycles. The van der Waals surface area contributed by atoms with Gasteiger partial charge < -0.3 is 0 Å². The van der Waals surface area contributed by atoms with Crippen LogP contribution in [0.15, 0.2) is 17.6 Å². The van der Waals surface area contributed by atoms with Gasteiger partial charge in [0.15, 0.2) is 6.29 Å². The second-order valence-corrected chi connectivity index (χ2v) is 3.58. The van der Waals surface area contributed by atoms with Crippen LogP contribution in [0, 0.1) is 0 Å². The van der Waals surface area contributed by atoms with Crippen molar-refractivity contribution < 1.29 is 4.79 Å². The molecule has 0 spiro atoms. The van der Waals surface area contributed by atoms with E-state index in [0.717, 1.165) is 6.29 Å². The van der Waals surface area contributed by atoms with E-state index in [2.05, 4.69) is 18.3 Å². The predicted octanol–water partition coefficient (Wildman–Crippen LogP) is 3.10. The van der Waals surface area contributed by atoms with E-state index < -0.39 is 0 Å². The molecule has 1 aromatic rings. The summed E-state index contributed by atoms with van der Waals surface area (Å²) in [4.78, 5) is 15.4. The van der Waals surface area contributed by atoms with E-state index in [1.165, 1.54) is 11.3 Å². The number of hydrogen-bond acceptors (Lipinski definition) is 3. The van der Waals surface area contributed by atoms with Crippen LogP contribution in [0.2, 0.25) is 0 Å². The van der Waals surface area contributed by atoms with Crippen LogP contribution in [0.1, 0.15) is 14.5 Å². The Kier molecular flexibility index (Phi) is 2.78. The quantitative estimate of drug-likeness (QED) is 0.543. The number of carbonyl (C=O) groups excluding carboxylic acids is 1. The lowest BCUT2D eigenvalue weighted by molar-refractivity contribution is 0.112. The van der Waals surface area contributed by atoms with Gasteiger partial charge in [0.05, 0.1) is 20.5 Å². The minimum absolute atomic E-state index is 0.385. The van der Waals surface area contributed by atoms with Crippen LogP contribution in [0.5, 0.6) is 0 Å². The summed E-state index contributed by atoms with van der Waals surface area (Å²) in [7, 11) is 0. The SMILES string of the molecule is C=Nc1cc(C=O)sc1C(=C)Cl. The summed E-state index contributed by atoms with van der Waals surface area (Å²) in [6, 6.07) is 1.63. The monoisotopic (exact) mass is 199 g/mol. The van der Waals surface area contributed by atoms with Gasteiger partial charge >= 0.3 is 0 Å². The van der Waals surface area contributed by atoms with Gasteiger partial charge in [0.2, 0.25) is 0 Å². The molecule has 1 rings (SSSR count). The summed E-state index contributed by atoms with van der Waals surface area (Å²) < 4.78 is 0. The number of rotatable bonds is 3. The Morgan fingerprint density at radius 2 is 2.42 bits per heavy atom. The Labute approximate surface area is 79.2 Å². The third-order valence-corrected chi connectivity index (χ3v) is 2.67. The van der Waals surface area contributed by atoms with Crippen molar-refractivity contribution in [1.29, 1.82) is 0 Å². The largest absolute Gasteiger partial charge is 0.297 e. The minimum Gasteiger partial charge on any atom is -0.297 e. The van der Waals surface area contributed by atoms with E-state index in [0.29, 0.717) is 20.5 Å². The molecular weight excluding hydrogens is 194 g/mol. The molecule has 0 radical (unpaired) electrons. The van der Waals surface area contributed by atoms with Gasteiger partial charge in [-0.3, -0.25) is 9.79 Å². The Balaban J connectivity index is 3.25. The van der Waals surface area contributed by atoms with Crippen LogP contribution in [-0.2, 0) is 0 Å². The molecule has 0 N–H and O–H groups in total. The summed E-state index contributed by atoms with van der Waals surface area (Å²) in [6.45, 7) is 6.92. The third-order valence-electron chi connectivity index (χ3n) is 1.26. The maximum atomic E-state index is 10.4. The van der Waals surface area contributed by atoms with Crippen LogP contribution >= 0.6 is 22.9 Å². The van der Waals surface area contributed by atoms with Gasteiger partial charge in [0, 0.05) is 0 Å². The van der Waals surface area contributed by atoms with E-state index in [1.807, 2.05) is 0 Å². The summed E-state index contributed by atoms with van der Waals surface area (Å²) in [6.07, 6.45) is 0.753. The number of nitrogens with zero attached hydrogens (tertiary/aromatic N) is 1. The topological polar surface area (TPSA) is 29.4 Å². The molecule has 0 aliphatic heterocycles. The number of carbonyl (C=O) groups is 1. The molecule has 0 aromatic carbocycles. The van der Waals surface area contributed by atoms with Gasteiger partial charge in [-0.05, 0) is 12.8 Å². The van der Waals surface area contributed by atoms with Gasteiger partial charge in [0.1, 0.15) is 0 Å². The highest BCUT2D eigenvalue weighted by Crippen LogP contribution is 2.35. The first-order chi connectivity index (χ1) is 5.69. The predicted molar refractivity (Wildman–Crippen MR) is 53.8 cm³/mol. The van der Waals surface area contributed by atoms with E-state index >= 15 is 0 Å². The van der Waals surface area contributed by atoms with Crippen LogP contribution in [0.3, 0.4) is 0 Å². The van der Waals surface area contributed by atoms with Gasteiger partial charge in [-0.2, -0.15) is 0 Å². The van der Waals surface area contributed by atoms with Crippen LogP contribution in [-0.4, -0.2) is 13.0 Å². The molecule has 0 saturated carbocycles. The van der Waals surface area contributed by atoms with E-state index in [1.54, 1.807) is 6.07 Å². The number of halogens is 1. The van der Waals surface area contributed by atoms with Gasteiger partial charge in [0.25, 0.3) is 0 Å². The Morgan fingerprint density at radius 1 is 1.75 bits per heavy atom. The molecule has 12 heavy (non-hydrogen) atoms. The first-order valence-electron chi connectivity index (χ1n) is 3.09. The lowest BCUT2D eigenvalue weighted by Crippen LogP contribution is -1.64. The molecule has 0 atom stereocenters. The maximum absolute atomic E-state index is 10.4. The van der Waals surface area contributed by atoms with Crippen molar-refractivity contribution in [1.82, 2.24) is 0 Å². The summed E-state index contributed by atoms with van der Waals surface area (Å²) in [5, 5.41) is 0.385. The Morgan fingerprint density at radius 3 is 2.75 bits per heavy atom. The number of hydrogen-bond donors (Lipinski definition) is 0. The van der Waals surface area contributed by atoms with Crippen LogP contribution in [0.4, 0.5) is 5.69 Å². The fourth-order valence-corrected chi connectivity index (χ4v) is 1.78. The lowest BCUT2D eigenvalue weighted by atomic mass is 10.3. The van der Waals surface area contributed by atoms with Crippen molar-refractivity contribution in [3.8, 4) is 0 Å². The molecule has 0 amide bonds. The molecule has 4 heteroatoms. The normalized spacial score (nSPS) is 9.42. The van der Waals surface area contributed by atoms with Crippen molar-refractivity contribution >= 4 is 46.7 Å². The summed E-state index contributed by atoms with van der Waals surface area (Å²) >= 11 is 6.93. The molecule has 0 saturated heterocycles. The second-order valence-electron chi connectivity index (χ2n) is 2.04. The molecule has 2 nitrogen and oxygen atoms in total. The van der Waals surface area contributed by atoms with Crippen LogP contribution in [0.25, 0.3) is 5.03 Å². The molecule has 1 aromatic heterocycles. The van der Waals surface area contributed by atoms with Gasteiger partial charge in [-0.15, -0.1) is 11.3 Å². The molecule has 0 unspecified atom stereocenters. The van der Waals surface area contributed by atoms with Crippen LogP contribution < -0.4 is 0 Å². The Hall–Kier alpha value is -0.930. The molecule has 0 bridgehead atoms. The van der Waals surface area contributed by atoms with Crippen molar-refractivity contribution in [3.05, 3.63) is 22.4 Å². The molecule has 1 heterocycles. The van der Waals surface area contributed by atoms with Gasteiger partial charge in [-0.25, -0.2) is 0 Å². The molecular formula is C8H6ClNOS. The zero-order chi connectivity index (χ0) is 9.14. The first kappa shape index (κ1) is 9.16. The second kappa shape index (κ2) is 3.65. The van der Waals surface area contributed by atoms with Crippen molar-refractivity contribution in [2.75, 3.05) is 0 Å². The van der Waals surface area contributed by atoms with Crippen molar-refractivity contribution in [2.24, 2.45) is 4.99 Å². The lowest BCUT2D eigenvalue weighted by Gasteiger charge is -1.91. The average Bonchev–Trinajstić information content (AvgIpc) is 2.47. The fourth-order valence-electron chi connectivity index (χ4n) is 0.770.